The number of esters is 1. The lowest BCUT2D eigenvalue weighted by Crippen LogP contribution is -2.39. The molecule has 2 aromatic carbocycles. The third-order valence-electron chi connectivity index (χ3n) is 4.30. The van der Waals surface area contributed by atoms with Gasteiger partial charge in [0.15, 0.2) is 6.10 Å². The van der Waals surface area contributed by atoms with Gasteiger partial charge in [-0.2, -0.15) is 5.26 Å². The van der Waals surface area contributed by atoms with Crippen LogP contribution in [0.15, 0.2) is 48.5 Å². The molecule has 0 saturated heterocycles. The Balaban J connectivity index is 1.65. The van der Waals surface area contributed by atoms with Crippen LogP contribution < -0.4 is 15.0 Å². The summed E-state index contributed by atoms with van der Waals surface area (Å²) in [5.41, 5.74) is 1.11. The Labute approximate surface area is 167 Å². The van der Waals surface area contributed by atoms with E-state index in [4.69, 9.17) is 14.7 Å². The molecule has 0 aromatic heterocycles. The van der Waals surface area contributed by atoms with Gasteiger partial charge in [-0.25, -0.2) is 0 Å². The van der Waals surface area contributed by atoms with E-state index in [9.17, 15) is 14.4 Å². The lowest BCUT2D eigenvalue weighted by molar-refractivity contribution is -0.152. The molecule has 148 valence electrons. The maximum Gasteiger partial charge on any atom is 0.326 e. The van der Waals surface area contributed by atoms with Crippen molar-refractivity contribution in [1.29, 1.82) is 5.26 Å². The van der Waals surface area contributed by atoms with Gasteiger partial charge in [-0.05, 0) is 31.2 Å². The fraction of sp³-hybridized carbons (Fsp3) is 0.238. The van der Waals surface area contributed by atoms with Crippen molar-refractivity contribution in [2.45, 2.75) is 19.4 Å². The van der Waals surface area contributed by atoms with E-state index >= 15 is 0 Å². The minimum atomic E-state index is -1.11. The van der Waals surface area contributed by atoms with Crippen LogP contribution in [0, 0.1) is 11.3 Å². The van der Waals surface area contributed by atoms with Crippen LogP contribution in [0.5, 0.6) is 5.75 Å². The van der Waals surface area contributed by atoms with Crippen molar-refractivity contribution in [3.63, 3.8) is 0 Å². The Morgan fingerprint density at radius 1 is 1.24 bits per heavy atom. The first-order chi connectivity index (χ1) is 14.0. The normalized spacial score (nSPS) is 13.9. The monoisotopic (exact) mass is 393 g/mol. The van der Waals surface area contributed by atoms with Crippen LogP contribution >= 0.6 is 0 Å². The molecule has 0 spiro atoms. The van der Waals surface area contributed by atoms with Crippen molar-refractivity contribution in [3.8, 4) is 11.8 Å². The van der Waals surface area contributed by atoms with Gasteiger partial charge in [-0.3, -0.25) is 19.3 Å². The topological polar surface area (TPSA) is 109 Å². The number of nitriles is 1. The van der Waals surface area contributed by atoms with Gasteiger partial charge in [-0.15, -0.1) is 0 Å². The number of ether oxygens (including phenoxy) is 2. The highest BCUT2D eigenvalue weighted by atomic mass is 16.5. The molecule has 2 aromatic rings. The number of benzene rings is 2. The fourth-order valence-corrected chi connectivity index (χ4v) is 2.83. The van der Waals surface area contributed by atoms with E-state index < -0.39 is 18.0 Å². The Hall–Kier alpha value is -3.86. The summed E-state index contributed by atoms with van der Waals surface area (Å²) in [7, 11) is 0. The number of hydrogen-bond donors (Lipinski definition) is 1. The molecule has 0 bridgehead atoms. The molecule has 1 atom stereocenters. The third-order valence-corrected chi connectivity index (χ3v) is 4.30. The van der Waals surface area contributed by atoms with Crippen LogP contribution in [0.3, 0.4) is 0 Å². The number of carbonyl (C=O) groups is 3. The standard InChI is InChI=1S/C21H19N3O5/c1-14(21(27)23-16-7-3-2-6-15(16)12-22)29-20(26)13-24-17-8-4-5-9-18(17)28-11-10-19(24)25/h2-9,14H,10-11,13H2,1H3,(H,23,27)/t14-/m0/s1. The minimum Gasteiger partial charge on any atom is -0.491 e. The van der Waals surface area contributed by atoms with Gasteiger partial charge >= 0.3 is 5.97 Å². The van der Waals surface area contributed by atoms with Gasteiger partial charge in [0.2, 0.25) is 5.91 Å². The number of amides is 2. The quantitative estimate of drug-likeness (QED) is 0.781. The number of rotatable bonds is 5. The minimum absolute atomic E-state index is 0.128. The van der Waals surface area contributed by atoms with E-state index in [0.717, 1.165) is 0 Å². The number of para-hydroxylation sites is 3. The van der Waals surface area contributed by atoms with Crippen molar-refractivity contribution < 1.29 is 23.9 Å². The smallest absolute Gasteiger partial charge is 0.326 e. The molecule has 3 rings (SSSR count). The first kappa shape index (κ1) is 19.9. The molecular formula is C21H19N3O5. The molecule has 0 radical (unpaired) electrons. The van der Waals surface area contributed by atoms with Gasteiger partial charge in [0.25, 0.3) is 5.91 Å². The Morgan fingerprint density at radius 3 is 2.76 bits per heavy atom. The zero-order chi connectivity index (χ0) is 20.8. The van der Waals surface area contributed by atoms with E-state index in [0.29, 0.717) is 22.7 Å². The summed E-state index contributed by atoms with van der Waals surface area (Å²) in [5.74, 6) is -1.07. The van der Waals surface area contributed by atoms with E-state index in [2.05, 4.69) is 5.32 Å². The highest BCUT2D eigenvalue weighted by molar-refractivity contribution is 6.00. The average molecular weight is 393 g/mol. The maximum absolute atomic E-state index is 12.4. The van der Waals surface area contributed by atoms with Crippen LogP contribution in [0.25, 0.3) is 0 Å². The van der Waals surface area contributed by atoms with Crippen molar-refractivity contribution in [2.75, 3.05) is 23.4 Å². The summed E-state index contributed by atoms with van der Waals surface area (Å²) in [6, 6.07) is 15.4. The Bertz CT molecular complexity index is 982. The zero-order valence-electron chi connectivity index (χ0n) is 15.8. The summed E-state index contributed by atoms with van der Waals surface area (Å²) in [6.07, 6.45) is -0.981. The molecule has 0 aliphatic carbocycles. The third kappa shape index (κ3) is 4.71. The summed E-state index contributed by atoms with van der Waals surface area (Å²) >= 11 is 0. The van der Waals surface area contributed by atoms with Crippen molar-refractivity contribution in [2.24, 2.45) is 0 Å². The van der Waals surface area contributed by atoms with Crippen LogP contribution in [0.2, 0.25) is 0 Å². The van der Waals surface area contributed by atoms with Gasteiger partial charge < -0.3 is 14.8 Å². The molecule has 8 nitrogen and oxygen atoms in total. The van der Waals surface area contributed by atoms with E-state index in [1.165, 1.54) is 11.8 Å². The maximum atomic E-state index is 12.4. The van der Waals surface area contributed by atoms with Crippen LogP contribution in [0.1, 0.15) is 18.9 Å². The van der Waals surface area contributed by atoms with Crippen LogP contribution in [0.4, 0.5) is 11.4 Å². The number of fused-ring (bicyclic) bond motifs is 1. The largest absolute Gasteiger partial charge is 0.491 e. The Kier molecular flexibility index (Phi) is 6.09. The molecule has 1 aliphatic heterocycles. The molecule has 1 N–H and O–H groups in total. The molecule has 2 amide bonds. The molecular weight excluding hydrogens is 374 g/mol. The van der Waals surface area contributed by atoms with E-state index in [1.54, 1.807) is 48.5 Å². The van der Waals surface area contributed by atoms with Crippen molar-refractivity contribution in [3.05, 3.63) is 54.1 Å². The highest BCUT2D eigenvalue weighted by Gasteiger charge is 2.27. The first-order valence-electron chi connectivity index (χ1n) is 9.01. The molecule has 0 saturated carbocycles. The summed E-state index contributed by atoms with van der Waals surface area (Å²) in [6.45, 7) is 1.30. The highest BCUT2D eigenvalue weighted by Crippen LogP contribution is 2.30. The predicted molar refractivity (Wildman–Crippen MR) is 104 cm³/mol. The summed E-state index contributed by atoms with van der Waals surface area (Å²) in [5, 5.41) is 11.7. The number of nitrogens with one attached hydrogen (secondary N) is 1. The van der Waals surface area contributed by atoms with Crippen LogP contribution in [-0.4, -0.2) is 37.0 Å². The Morgan fingerprint density at radius 2 is 1.97 bits per heavy atom. The molecule has 29 heavy (non-hydrogen) atoms. The van der Waals surface area contributed by atoms with Gasteiger partial charge in [0, 0.05) is 0 Å². The second-order valence-corrected chi connectivity index (χ2v) is 6.32. The molecule has 1 aliphatic rings. The van der Waals surface area contributed by atoms with E-state index in [1.807, 2.05) is 6.07 Å². The number of anilines is 2. The SMILES string of the molecule is C[C@H](OC(=O)CN1C(=O)CCOc2ccccc21)C(=O)Nc1ccccc1C#N. The average Bonchev–Trinajstić information content (AvgIpc) is 2.87. The summed E-state index contributed by atoms with van der Waals surface area (Å²) in [4.78, 5) is 38.4. The fourth-order valence-electron chi connectivity index (χ4n) is 2.83. The zero-order valence-corrected chi connectivity index (χ0v) is 15.8. The van der Waals surface area contributed by atoms with Crippen LogP contribution in [-0.2, 0) is 19.1 Å². The molecule has 1 heterocycles. The van der Waals surface area contributed by atoms with Gasteiger partial charge in [0.1, 0.15) is 18.4 Å². The number of hydrogen-bond acceptors (Lipinski definition) is 6. The summed E-state index contributed by atoms with van der Waals surface area (Å²) < 4.78 is 10.7. The van der Waals surface area contributed by atoms with E-state index in [-0.39, 0.29) is 25.5 Å². The molecule has 0 unspecified atom stereocenters. The van der Waals surface area contributed by atoms with Gasteiger partial charge in [0.05, 0.1) is 30.0 Å². The predicted octanol–water partition coefficient (Wildman–Crippen LogP) is 2.24. The second-order valence-electron chi connectivity index (χ2n) is 6.32. The van der Waals surface area contributed by atoms with Crippen molar-refractivity contribution >= 4 is 29.2 Å². The first-order valence-corrected chi connectivity index (χ1v) is 9.01. The lowest BCUT2D eigenvalue weighted by Gasteiger charge is -2.22. The number of nitrogens with zero attached hydrogens (tertiary/aromatic N) is 2. The lowest BCUT2D eigenvalue weighted by atomic mass is 10.2. The second kappa shape index (κ2) is 8.89. The number of carbonyl (C=O) groups excluding carboxylic acids is 3. The molecule has 8 heteroatoms. The molecule has 0 fully saturated rings. The van der Waals surface area contributed by atoms with Crippen molar-refractivity contribution in [1.82, 2.24) is 0 Å². The van der Waals surface area contributed by atoms with Gasteiger partial charge in [-0.1, -0.05) is 24.3 Å².